The molecule has 4 atom stereocenters. The van der Waals surface area contributed by atoms with Crippen LogP contribution in [0.1, 0.15) is 51.4 Å². The second-order valence-corrected chi connectivity index (χ2v) is 7.75. The zero-order valence-electron chi connectivity index (χ0n) is 12.3. The van der Waals surface area contributed by atoms with Crippen molar-refractivity contribution in [3.63, 3.8) is 0 Å². The van der Waals surface area contributed by atoms with Gasteiger partial charge >= 0.3 is 0 Å². The lowest BCUT2D eigenvalue weighted by Gasteiger charge is -2.40. The van der Waals surface area contributed by atoms with E-state index in [2.05, 4.69) is 10.6 Å². The highest BCUT2D eigenvalue weighted by atomic mass is 32.2. The zero-order valence-corrected chi connectivity index (χ0v) is 13.1. The molecule has 1 aliphatic heterocycles. The lowest BCUT2D eigenvalue weighted by molar-refractivity contribution is 0.182. The van der Waals surface area contributed by atoms with Crippen LogP contribution in [-0.4, -0.2) is 41.4 Å². The molecule has 2 rings (SSSR count). The maximum absolute atomic E-state index is 11.1. The molecule has 112 valence electrons. The summed E-state index contributed by atoms with van der Waals surface area (Å²) in [5.41, 5.74) is 0. The van der Waals surface area contributed by atoms with Crippen molar-refractivity contribution < 1.29 is 4.21 Å². The van der Waals surface area contributed by atoms with Gasteiger partial charge in [0.2, 0.25) is 0 Å². The van der Waals surface area contributed by atoms with Crippen LogP contribution in [0.3, 0.4) is 0 Å². The van der Waals surface area contributed by atoms with Crippen LogP contribution < -0.4 is 10.6 Å². The topological polar surface area (TPSA) is 41.1 Å². The Hall–Kier alpha value is 0.0700. The van der Waals surface area contributed by atoms with E-state index >= 15 is 0 Å². The molecule has 1 heterocycles. The molecule has 0 radical (unpaired) electrons. The fraction of sp³-hybridized carbons (Fsp3) is 1.00. The first-order valence-electron chi connectivity index (χ1n) is 8.04. The average molecular weight is 286 g/mol. The molecule has 4 unspecified atom stereocenters. The summed E-state index contributed by atoms with van der Waals surface area (Å²) >= 11 is 0. The first-order chi connectivity index (χ1) is 9.27. The van der Waals surface area contributed by atoms with Crippen molar-refractivity contribution in [2.45, 2.75) is 63.5 Å². The Balaban J connectivity index is 1.76. The third kappa shape index (κ3) is 5.16. The van der Waals surface area contributed by atoms with E-state index < -0.39 is 10.8 Å². The van der Waals surface area contributed by atoms with Crippen LogP contribution in [0.4, 0.5) is 0 Å². The number of nitrogens with one attached hydrogen (secondary N) is 2. The van der Waals surface area contributed by atoms with Crippen molar-refractivity contribution in [1.29, 1.82) is 0 Å². The minimum Gasteiger partial charge on any atom is -0.314 e. The van der Waals surface area contributed by atoms with Gasteiger partial charge in [0.25, 0.3) is 0 Å². The molecule has 2 N–H and O–H groups in total. The molecule has 0 spiro atoms. The van der Waals surface area contributed by atoms with Gasteiger partial charge in [0.1, 0.15) is 0 Å². The number of rotatable bonds is 6. The predicted octanol–water partition coefficient (Wildman–Crippen LogP) is 2.05. The first kappa shape index (κ1) is 15.5. The number of hydrogen-bond donors (Lipinski definition) is 2. The van der Waals surface area contributed by atoms with Crippen molar-refractivity contribution in [3.8, 4) is 0 Å². The summed E-state index contributed by atoms with van der Waals surface area (Å²) in [6.07, 6.45) is 12.5. The quantitative estimate of drug-likeness (QED) is 0.734. The van der Waals surface area contributed by atoms with E-state index in [-0.39, 0.29) is 0 Å². The van der Waals surface area contributed by atoms with Crippen molar-refractivity contribution in [2.75, 3.05) is 25.1 Å². The molecule has 19 heavy (non-hydrogen) atoms. The van der Waals surface area contributed by atoms with Crippen LogP contribution >= 0.6 is 0 Å². The summed E-state index contributed by atoms with van der Waals surface area (Å²) in [4.78, 5) is 0. The summed E-state index contributed by atoms with van der Waals surface area (Å²) in [5.74, 6) is 1.66. The van der Waals surface area contributed by atoms with Crippen molar-refractivity contribution >= 4 is 10.8 Å². The zero-order chi connectivity index (χ0) is 13.5. The molecule has 2 aliphatic rings. The molecular formula is C15H30N2OS. The third-order valence-electron chi connectivity index (χ3n) is 4.70. The number of piperidine rings is 1. The standard InChI is InChI=1S/C15H30N2OS/c1-19(18)12-6-11-17-14-8-3-2-7-13(14)15-9-4-5-10-16-15/h13-17H,2-12H2,1H3. The molecule has 1 saturated heterocycles. The first-order valence-corrected chi connectivity index (χ1v) is 9.77. The molecule has 1 aliphatic carbocycles. The lowest BCUT2D eigenvalue weighted by Crippen LogP contribution is -2.50. The van der Waals surface area contributed by atoms with Gasteiger partial charge in [-0.05, 0) is 51.1 Å². The van der Waals surface area contributed by atoms with Crippen LogP contribution in [0.25, 0.3) is 0 Å². The second kappa shape index (κ2) is 8.38. The van der Waals surface area contributed by atoms with Gasteiger partial charge in [-0.3, -0.25) is 4.21 Å². The highest BCUT2D eigenvalue weighted by Gasteiger charge is 2.31. The fourth-order valence-electron chi connectivity index (χ4n) is 3.70. The summed E-state index contributed by atoms with van der Waals surface area (Å²) in [7, 11) is -0.637. The van der Waals surface area contributed by atoms with Gasteiger partial charge < -0.3 is 10.6 Å². The Kier molecular flexibility index (Phi) is 6.82. The highest BCUT2D eigenvalue weighted by Crippen LogP contribution is 2.30. The number of hydrogen-bond acceptors (Lipinski definition) is 3. The van der Waals surface area contributed by atoms with Gasteiger partial charge in [-0.25, -0.2) is 0 Å². The molecule has 0 aromatic carbocycles. The molecule has 0 amide bonds. The molecule has 4 heteroatoms. The summed E-state index contributed by atoms with van der Waals surface area (Å²) in [6.45, 7) is 2.25. The predicted molar refractivity (Wildman–Crippen MR) is 82.9 cm³/mol. The Morgan fingerprint density at radius 2 is 1.95 bits per heavy atom. The Morgan fingerprint density at radius 1 is 1.16 bits per heavy atom. The highest BCUT2D eigenvalue weighted by molar-refractivity contribution is 7.84. The van der Waals surface area contributed by atoms with Crippen molar-refractivity contribution in [1.82, 2.24) is 10.6 Å². The minimum absolute atomic E-state index is 0.637. The maximum atomic E-state index is 11.1. The molecular weight excluding hydrogens is 256 g/mol. The average Bonchev–Trinajstić information content (AvgIpc) is 2.45. The second-order valence-electron chi connectivity index (χ2n) is 6.20. The lowest BCUT2D eigenvalue weighted by atomic mass is 9.77. The van der Waals surface area contributed by atoms with Gasteiger partial charge in [0, 0.05) is 34.9 Å². The molecule has 2 fully saturated rings. The van der Waals surface area contributed by atoms with Crippen LogP contribution in [0, 0.1) is 5.92 Å². The monoisotopic (exact) mass is 286 g/mol. The SMILES string of the molecule is CS(=O)CCCNC1CCCCC1C1CCCCN1. The van der Waals surface area contributed by atoms with Gasteiger partial charge in [-0.1, -0.05) is 19.3 Å². The van der Waals surface area contributed by atoms with E-state index in [0.717, 1.165) is 30.7 Å². The summed E-state index contributed by atoms with van der Waals surface area (Å²) < 4.78 is 11.1. The van der Waals surface area contributed by atoms with E-state index in [1.165, 1.54) is 51.5 Å². The maximum Gasteiger partial charge on any atom is 0.0244 e. The third-order valence-corrected chi connectivity index (χ3v) is 5.56. The molecule has 1 saturated carbocycles. The normalized spacial score (nSPS) is 34.1. The fourth-order valence-corrected chi connectivity index (χ4v) is 4.25. The summed E-state index contributed by atoms with van der Waals surface area (Å²) in [6, 6.07) is 1.43. The largest absolute Gasteiger partial charge is 0.314 e. The van der Waals surface area contributed by atoms with E-state index in [9.17, 15) is 4.21 Å². The van der Waals surface area contributed by atoms with E-state index in [1.807, 2.05) is 0 Å². The molecule has 3 nitrogen and oxygen atoms in total. The Labute approximate surface area is 120 Å². The van der Waals surface area contributed by atoms with Crippen LogP contribution in [0.15, 0.2) is 0 Å². The van der Waals surface area contributed by atoms with Crippen molar-refractivity contribution in [2.24, 2.45) is 5.92 Å². The minimum atomic E-state index is -0.637. The van der Waals surface area contributed by atoms with Crippen LogP contribution in [0.5, 0.6) is 0 Å². The van der Waals surface area contributed by atoms with Gasteiger partial charge in [0.15, 0.2) is 0 Å². The van der Waals surface area contributed by atoms with E-state index in [0.29, 0.717) is 6.04 Å². The van der Waals surface area contributed by atoms with E-state index in [1.54, 1.807) is 6.26 Å². The molecule has 0 bridgehead atoms. The van der Waals surface area contributed by atoms with E-state index in [4.69, 9.17) is 0 Å². The van der Waals surface area contributed by atoms with Crippen molar-refractivity contribution in [3.05, 3.63) is 0 Å². The molecule has 0 aromatic heterocycles. The smallest absolute Gasteiger partial charge is 0.0244 e. The Bertz CT molecular complexity index is 279. The van der Waals surface area contributed by atoms with Gasteiger partial charge in [-0.15, -0.1) is 0 Å². The van der Waals surface area contributed by atoms with Crippen LogP contribution in [0.2, 0.25) is 0 Å². The van der Waals surface area contributed by atoms with Crippen LogP contribution in [-0.2, 0) is 10.8 Å². The van der Waals surface area contributed by atoms with Gasteiger partial charge in [0.05, 0.1) is 0 Å². The molecule has 0 aromatic rings. The summed E-state index contributed by atoms with van der Waals surface area (Å²) in [5, 5.41) is 7.49. The Morgan fingerprint density at radius 3 is 2.68 bits per heavy atom. The van der Waals surface area contributed by atoms with Gasteiger partial charge in [-0.2, -0.15) is 0 Å².